The van der Waals surface area contributed by atoms with Crippen LogP contribution in [0.4, 0.5) is 8.78 Å². The van der Waals surface area contributed by atoms with Gasteiger partial charge in [0.15, 0.2) is 5.78 Å². The predicted molar refractivity (Wildman–Crippen MR) is 72.8 cm³/mol. The van der Waals surface area contributed by atoms with Crippen molar-refractivity contribution >= 4 is 29.0 Å². The van der Waals surface area contributed by atoms with Crippen LogP contribution in [0.5, 0.6) is 5.75 Å². The predicted octanol–water partition coefficient (Wildman–Crippen LogP) is 4.51. The summed E-state index contributed by atoms with van der Waals surface area (Å²) < 4.78 is 32.4. The molecule has 0 aromatic heterocycles. The highest BCUT2D eigenvalue weighted by Gasteiger charge is 2.23. The molecule has 0 radical (unpaired) electrons. The van der Waals surface area contributed by atoms with Crippen LogP contribution in [0.25, 0.3) is 0 Å². The van der Waals surface area contributed by atoms with Crippen molar-refractivity contribution in [2.24, 2.45) is 0 Å². The number of methoxy groups -OCH3 is 1. The lowest BCUT2D eigenvalue weighted by atomic mass is 10.0. The molecule has 0 amide bonds. The minimum atomic E-state index is -1.03. The van der Waals surface area contributed by atoms with E-state index in [2.05, 4.69) is 0 Å². The van der Waals surface area contributed by atoms with Crippen LogP contribution in [-0.4, -0.2) is 12.9 Å². The molecule has 0 heterocycles. The largest absolute Gasteiger partial charge is 0.497 e. The summed E-state index contributed by atoms with van der Waals surface area (Å²) >= 11 is 11.7. The summed E-state index contributed by atoms with van der Waals surface area (Å²) in [5.41, 5.74) is -0.767. The van der Waals surface area contributed by atoms with Crippen molar-refractivity contribution in [2.75, 3.05) is 7.11 Å². The number of halogens is 4. The molecule has 0 unspecified atom stereocenters. The van der Waals surface area contributed by atoms with Crippen LogP contribution in [-0.2, 0) is 0 Å². The van der Waals surface area contributed by atoms with Crippen molar-refractivity contribution in [3.8, 4) is 5.75 Å². The molecule has 0 spiro atoms. The number of hydrogen-bond acceptors (Lipinski definition) is 2. The minimum Gasteiger partial charge on any atom is -0.497 e. The smallest absolute Gasteiger partial charge is 0.200 e. The first-order valence-electron chi connectivity index (χ1n) is 5.47. The van der Waals surface area contributed by atoms with E-state index in [9.17, 15) is 13.6 Å². The van der Waals surface area contributed by atoms with Crippen molar-refractivity contribution in [1.29, 1.82) is 0 Å². The van der Waals surface area contributed by atoms with Gasteiger partial charge in [0.05, 0.1) is 22.7 Å². The summed E-state index contributed by atoms with van der Waals surface area (Å²) in [4.78, 5) is 12.2. The van der Waals surface area contributed by atoms with E-state index in [1.807, 2.05) is 0 Å². The third kappa shape index (κ3) is 2.62. The van der Waals surface area contributed by atoms with Crippen molar-refractivity contribution in [1.82, 2.24) is 0 Å². The Hall–Kier alpha value is -1.65. The molecule has 0 atom stereocenters. The molecule has 2 aromatic rings. The van der Waals surface area contributed by atoms with Crippen LogP contribution >= 0.6 is 23.2 Å². The van der Waals surface area contributed by atoms with Crippen LogP contribution in [0.2, 0.25) is 10.0 Å². The molecule has 0 fully saturated rings. The summed E-state index contributed by atoms with van der Waals surface area (Å²) in [6.07, 6.45) is 0. The van der Waals surface area contributed by atoms with E-state index in [4.69, 9.17) is 27.9 Å². The maximum Gasteiger partial charge on any atom is 0.200 e. The fraction of sp³-hybridized carbons (Fsp3) is 0.0714. The Morgan fingerprint density at radius 1 is 1.15 bits per heavy atom. The second-order valence-corrected chi connectivity index (χ2v) is 4.68. The standard InChI is InChI=1S/C14H8Cl2F2O2/c1-20-7-5-10(17)12(11(18)6-7)14(19)8-3-2-4-9(15)13(8)16/h2-6H,1H3. The average Bonchev–Trinajstić information content (AvgIpc) is 2.40. The molecule has 0 aliphatic heterocycles. The highest BCUT2D eigenvalue weighted by molar-refractivity contribution is 6.44. The van der Waals surface area contributed by atoms with Crippen molar-refractivity contribution in [2.45, 2.75) is 0 Å². The molecule has 104 valence electrons. The normalized spacial score (nSPS) is 10.4. The number of rotatable bonds is 3. The van der Waals surface area contributed by atoms with Crippen molar-refractivity contribution in [3.63, 3.8) is 0 Å². The Bertz CT molecular complexity index is 664. The Kier molecular flexibility index (Phi) is 4.26. The van der Waals surface area contributed by atoms with E-state index >= 15 is 0 Å². The van der Waals surface area contributed by atoms with Gasteiger partial charge in [-0.3, -0.25) is 4.79 Å². The third-order valence-corrected chi connectivity index (χ3v) is 3.49. The van der Waals surface area contributed by atoms with Gasteiger partial charge in [0.25, 0.3) is 0 Å². The molecule has 0 saturated heterocycles. The summed E-state index contributed by atoms with van der Waals surface area (Å²) in [5.74, 6) is -2.95. The van der Waals surface area contributed by atoms with Crippen LogP contribution in [0.15, 0.2) is 30.3 Å². The quantitative estimate of drug-likeness (QED) is 0.779. The number of carbonyl (C=O) groups excluding carboxylic acids is 1. The first kappa shape index (κ1) is 14.8. The van der Waals surface area contributed by atoms with Crippen molar-refractivity contribution in [3.05, 3.63) is 63.1 Å². The van der Waals surface area contributed by atoms with Crippen LogP contribution in [0.3, 0.4) is 0 Å². The van der Waals surface area contributed by atoms with E-state index in [1.165, 1.54) is 25.3 Å². The number of benzene rings is 2. The number of carbonyl (C=O) groups is 1. The van der Waals surface area contributed by atoms with E-state index < -0.39 is 23.0 Å². The second-order valence-electron chi connectivity index (χ2n) is 3.90. The zero-order valence-electron chi connectivity index (χ0n) is 10.2. The Morgan fingerprint density at radius 2 is 1.75 bits per heavy atom. The van der Waals surface area contributed by atoms with E-state index in [0.29, 0.717) is 0 Å². The third-order valence-electron chi connectivity index (χ3n) is 2.67. The molecule has 2 rings (SSSR count). The van der Waals surface area contributed by atoms with Gasteiger partial charge in [-0.2, -0.15) is 0 Å². The van der Waals surface area contributed by atoms with Gasteiger partial charge < -0.3 is 4.74 Å². The molecule has 0 bridgehead atoms. The Morgan fingerprint density at radius 3 is 2.30 bits per heavy atom. The molecule has 20 heavy (non-hydrogen) atoms. The Balaban J connectivity index is 2.57. The first-order chi connectivity index (χ1) is 9.45. The summed E-state index contributed by atoms with van der Waals surface area (Å²) in [7, 11) is 1.27. The van der Waals surface area contributed by atoms with Crippen LogP contribution in [0, 0.1) is 11.6 Å². The summed E-state index contributed by atoms with van der Waals surface area (Å²) in [6, 6.07) is 6.14. The van der Waals surface area contributed by atoms with Gasteiger partial charge in [-0.25, -0.2) is 8.78 Å². The topological polar surface area (TPSA) is 26.3 Å². The summed E-state index contributed by atoms with van der Waals surface area (Å²) in [5, 5.41) is 0.0839. The monoisotopic (exact) mass is 316 g/mol. The second kappa shape index (κ2) is 5.77. The SMILES string of the molecule is COc1cc(F)c(C(=O)c2cccc(Cl)c2Cl)c(F)c1. The highest BCUT2D eigenvalue weighted by Crippen LogP contribution is 2.29. The number of ether oxygens (including phenoxy) is 1. The van der Waals surface area contributed by atoms with Gasteiger partial charge in [-0.05, 0) is 12.1 Å². The van der Waals surface area contributed by atoms with Crippen LogP contribution in [0.1, 0.15) is 15.9 Å². The maximum absolute atomic E-state index is 13.8. The molecule has 0 aliphatic carbocycles. The molecule has 0 aliphatic rings. The van der Waals surface area contributed by atoms with Gasteiger partial charge >= 0.3 is 0 Å². The van der Waals surface area contributed by atoms with Crippen LogP contribution < -0.4 is 4.74 Å². The molecule has 2 aromatic carbocycles. The first-order valence-corrected chi connectivity index (χ1v) is 6.23. The van der Waals surface area contributed by atoms with E-state index in [0.717, 1.165) is 12.1 Å². The lowest BCUT2D eigenvalue weighted by Crippen LogP contribution is -2.08. The van der Waals surface area contributed by atoms with Gasteiger partial charge in [-0.15, -0.1) is 0 Å². The highest BCUT2D eigenvalue weighted by atomic mass is 35.5. The average molecular weight is 317 g/mol. The number of ketones is 1. The number of hydrogen-bond donors (Lipinski definition) is 0. The lowest BCUT2D eigenvalue weighted by Gasteiger charge is -2.08. The molecule has 0 saturated carbocycles. The van der Waals surface area contributed by atoms with Gasteiger partial charge in [0.1, 0.15) is 17.4 Å². The fourth-order valence-electron chi connectivity index (χ4n) is 1.70. The molecule has 2 nitrogen and oxygen atoms in total. The van der Waals surface area contributed by atoms with E-state index in [1.54, 1.807) is 0 Å². The van der Waals surface area contributed by atoms with Gasteiger partial charge in [0.2, 0.25) is 0 Å². The fourth-order valence-corrected chi connectivity index (χ4v) is 2.08. The van der Waals surface area contributed by atoms with E-state index in [-0.39, 0.29) is 21.4 Å². The molecular weight excluding hydrogens is 309 g/mol. The van der Waals surface area contributed by atoms with Crippen molar-refractivity contribution < 1.29 is 18.3 Å². The zero-order valence-corrected chi connectivity index (χ0v) is 11.7. The molecular formula is C14H8Cl2F2O2. The zero-order chi connectivity index (χ0) is 14.9. The van der Waals surface area contributed by atoms with Gasteiger partial charge in [-0.1, -0.05) is 29.3 Å². The Labute approximate surface area is 123 Å². The van der Waals surface area contributed by atoms with Gasteiger partial charge in [0, 0.05) is 17.7 Å². The summed E-state index contributed by atoms with van der Waals surface area (Å²) in [6.45, 7) is 0. The molecule has 6 heteroatoms. The minimum absolute atomic E-state index is 0.0197. The maximum atomic E-state index is 13.8. The molecule has 0 N–H and O–H groups in total. The lowest BCUT2D eigenvalue weighted by molar-refractivity contribution is 0.103.